The van der Waals surface area contributed by atoms with E-state index in [-0.39, 0.29) is 36.1 Å². The molecule has 29 heavy (non-hydrogen) atoms. The number of amides is 3. The lowest BCUT2D eigenvalue weighted by atomic mass is 9.81. The summed E-state index contributed by atoms with van der Waals surface area (Å²) < 4.78 is 0. The molecule has 1 aromatic rings. The van der Waals surface area contributed by atoms with Crippen LogP contribution in [0.2, 0.25) is 0 Å². The van der Waals surface area contributed by atoms with Gasteiger partial charge in [-0.05, 0) is 49.8 Å². The molecule has 0 radical (unpaired) electrons. The van der Waals surface area contributed by atoms with Gasteiger partial charge in [0.15, 0.2) is 0 Å². The molecule has 3 fully saturated rings. The number of imide groups is 1. The minimum atomic E-state index is -0.198. The van der Waals surface area contributed by atoms with Crippen molar-refractivity contribution in [1.29, 1.82) is 0 Å². The topological polar surface area (TPSA) is 60.9 Å². The molecule has 2 heterocycles. The molecule has 1 aromatic carbocycles. The highest BCUT2D eigenvalue weighted by atomic mass is 16.2. The van der Waals surface area contributed by atoms with Crippen molar-refractivity contribution < 1.29 is 14.4 Å². The maximum atomic E-state index is 12.7. The van der Waals surface area contributed by atoms with Gasteiger partial charge >= 0.3 is 0 Å². The molecule has 2 atom stereocenters. The third-order valence-electron chi connectivity index (χ3n) is 6.73. The summed E-state index contributed by atoms with van der Waals surface area (Å²) >= 11 is 0. The highest BCUT2D eigenvalue weighted by Crippen LogP contribution is 2.37. The average Bonchev–Trinajstić information content (AvgIpc) is 3.00. The molecule has 6 heteroatoms. The molecule has 6 nitrogen and oxygen atoms in total. The first-order chi connectivity index (χ1) is 14.0. The highest BCUT2D eigenvalue weighted by Gasteiger charge is 2.48. The average molecular weight is 398 g/mol. The molecule has 3 amide bonds. The second kappa shape index (κ2) is 8.56. The number of benzene rings is 1. The quantitative estimate of drug-likeness (QED) is 0.717. The Hall–Kier alpha value is -2.37. The number of likely N-dealkylation sites (tertiary alicyclic amines) is 1. The zero-order valence-electron chi connectivity index (χ0n) is 17.3. The van der Waals surface area contributed by atoms with E-state index in [1.165, 1.54) is 29.8 Å². The number of hydrogen-bond acceptors (Lipinski definition) is 4. The van der Waals surface area contributed by atoms with Gasteiger partial charge in [-0.1, -0.05) is 25.0 Å². The van der Waals surface area contributed by atoms with Crippen molar-refractivity contribution in [3.8, 4) is 0 Å². The smallest absolute Gasteiger partial charge is 0.242 e. The van der Waals surface area contributed by atoms with Crippen LogP contribution in [0.15, 0.2) is 24.3 Å². The Balaban J connectivity index is 1.33. The molecule has 1 aliphatic carbocycles. The monoisotopic (exact) mass is 397 g/mol. The van der Waals surface area contributed by atoms with Gasteiger partial charge in [0.25, 0.3) is 0 Å². The number of likely N-dealkylation sites (N-methyl/N-ethyl adjacent to an activating group) is 1. The summed E-state index contributed by atoms with van der Waals surface area (Å²) in [5.41, 5.74) is 2.28. The Morgan fingerprint density at radius 2 is 1.52 bits per heavy atom. The van der Waals surface area contributed by atoms with Crippen LogP contribution in [0.1, 0.15) is 50.5 Å². The van der Waals surface area contributed by atoms with Crippen LogP contribution in [0.3, 0.4) is 0 Å². The van der Waals surface area contributed by atoms with Crippen molar-refractivity contribution >= 4 is 23.4 Å². The standard InChI is InChI=1S/C23H31N3O3/c1-24(15-17-9-11-18(12-10-17)25-13-5-2-6-14-25)21(27)16-26-22(28)19-7-3-4-8-20(19)23(26)29/h9-12,19-20H,2-8,13-16H2,1H3. The number of nitrogens with zero attached hydrogens (tertiary/aromatic N) is 3. The molecular formula is C23H31N3O3. The Bertz CT molecular complexity index is 746. The predicted octanol–water partition coefficient (Wildman–Crippen LogP) is 2.81. The SMILES string of the molecule is CN(Cc1ccc(N2CCCCC2)cc1)C(=O)CN1C(=O)C2CCCCC2C1=O. The fourth-order valence-electron chi connectivity index (χ4n) is 4.97. The van der Waals surface area contributed by atoms with Gasteiger partial charge in [-0.3, -0.25) is 19.3 Å². The van der Waals surface area contributed by atoms with Crippen molar-refractivity contribution in [2.45, 2.75) is 51.5 Å². The van der Waals surface area contributed by atoms with Gasteiger partial charge in [0, 0.05) is 32.4 Å². The fourth-order valence-corrected chi connectivity index (χ4v) is 4.97. The number of carbonyl (C=O) groups excluding carboxylic acids is 3. The van der Waals surface area contributed by atoms with E-state index < -0.39 is 0 Å². The summed E-state index contributed by atoms with van der Waals surface area (Å²) in [7, 11) is 1.74. The Labute approximate surface area is 172 Å². The Morgan fingerprint density at radius 1 is 0.931 bits per heavy atom. The fraction of sp³-hybridized carbons (Fsp3) is 0.609. The zero-order valence-corrected chi connectivity index (χ0v) is 17.3. The van der Waals surface area contributed by atoms with Crippen molar-refractivity contribution in [1.82, 2.24) is 9.80 Å². The van der Waals surface area contributed by atoms with Gasteiger partial charge in [-0.25, -0.2) is 0 Å². The molecule has 2 unspecified atom stereocenters. The molecule has 156 valence electrons. The van der Waals surface area contributed by atoms with Crippen LogP contribution in [0.25, 0.3) is 0 Å². The second-order valence-corrected chi connectivity index (χ2v) is 8.72. The summed E-state index contributed by atoms with van der Waals surface area (Å²) in [4.78, 5) is 43.1. The largest absolute Gasteiger partial charge is 0.372 e. The Morgan fingerprint density at radius 3 is 2.10 bits per heavy atom. The third-order valence-corrected chi connectivity index (χ3v) is 6.73. The van der Waals surface area contributed by atoms with E-state index in [4.69, 9.17) is 0 Å². The van der Waals surface area contributed by atoms with Gasteiger partial charge < -0.3 is 9.80 Å². The normalized spacial score (nSPS) is 24.6. The lowest BCUT2D eigenvalue weighted by molar-refractivity contribution is -0.146. The van der Waals surface area contributed by atoms with Crippen LogP contribution < -0.4 is 4.90 Å². The molecule has 2 saturated heterocycles. The molecule has 0 aromatic heterocycles. The molecule has 1 saturated carbocycles. The van der Waals surface area contributed by atoms with Gasteiger partial charge in [-0.15, -0.1) is 0 Å². The van der Waals surface area contributed by atoms with E-state index in [0.29, 0.717) is 6.54 Å². The van der Waals surface area contributed by atoms with Gasteiger partial charge in [0.2, 0.25) is 17.7 Å². The molecular weight excluding hydrogens is 366 g/mol. The van der Waals surface area contributed by atoms with Crippen LogP contribution >= 0.6 is 0 Å². The number of carbonyl (C=O) groups is 3. The zero-order chi connectivity index (χ0) is 20.4. The molecule has 0 spiro atoms. The predicted molar refractivity (Wildman–Crippen MR) is 111 cm³/mol. The number of hydrogen-bond donors (Lipinski definition) is 0. The van der Waals surface area contributed by atoms with Crippen LogP contribution in [0.4, 0.5) is 5.69 Å². The molecule has 0 bridgehead atoms. The van der Waals surface area contributed by atoms with E-state index in [2.05, 4.69) is 29.2 Å². The van der Waals surface area contributed by atoms with Crippen LogP contribution in [-0.2, 0) is 20.9 Å². The summed E-state index contributed by atoms with van der Waals surface area (Å²) in [6, 6.07) is 8.37. The second-order valence-electron chi connectivity index (χ2n) is 8.72. The number of anilines is 1. The summed E-state index contributed by atoms with van der Waals surface area (Å²) in [5.74, 6) is -0.876. The van der Waals surface area contributed by atoms with Gasteiger partial charge in [0.1, 0.15) is 6.54 Å². The van der Waals surface area contributed by atoms with Crippen molar-refractivity contribution in [2.75, 3.05) is 31.6 Å². The molecule has 2 aliphatic heterocycles. The minimum absolute atomic E-state index is 0.132. The first kappa shape index (κ1) is 19.9. The maximum absolute atomic E-state index is 12.7. The first-order valence-corrected chi connectivity index (χ1v) is 11.0. The lowest BCUT2D eigenvalue weighted by Crippen LogP contribution is -2.41. The minimum Gasteiger partial charge on any atom is -0.372 e. The van der Waals surface area contributed by atoms with Gasteiger partial charge in [-0.2, -0.15) is 0 Å². The molecule has 0 N–H and O–H groups in total. The van der Waals surface area contributed by atoms with Crippen molar-refractivity contribution in [3.63, 3.8) is 0 Å². The van der Waals surface area contributed by atoms with E-state index in [0.717, 1.165) is 44.3 Å². The Kier molecular flexibility index (Phi) is 5.88. The molecule has 4 rings (SSSR count). The third kappa shape index (κ3) is 4.16. The van der Waals surface area contributed by atoms with Crippen molar-refractivity contribution in [2.24, 2.45) is 11.8 Å². The highest BCUT2D eigenvalue weighted by molar-refractivity contribution is 6.07. The first-order valence-electron chi connectivity index (χ1n) is 11.0. The van der Waals surface area contributed by atoms with Crippen LogP contribution in [0.5, 0.6) is 0 Å². The van der Waals surface area contributed by atoms with E-state index in [9.17, 15) is 14.4 Å². The van der Waals surface area contributed by atoms with E-state index in [1.807, 2.05) is 0 Å². The number of piperidine rings is 1. The van der Waals surface area contributed by atoms with E-state index >= 15 is 0 Å². The molecule has 3 aliphatic rings. The van der Waals surface area contributed by atoms with Crippen LogP contribution in [0, 0.1) is 11.8 Å². The van der Waals surface area contributed by atoms with Crippen molar-refractivity contribution in [3.05, 3.63) is 29.8 Å². The summed E-state index contributed by atoms with van der Waals surface area (Å²) in [5, 5.41) is 0. The number of fused-ring (bicyclic) bond motifs is 1. The van der Waals surface area contributed by atoms with Gasteiger partial charge in [0.05, 0.1) is 11.8 Å². The summed E-state index contributed by atoms with van der Waals surface area (Å²) in [6.07, 6.45) is 7.34. The van der Waals surface area contributed by atoms with E-state index in [1.54, 1.807) is 11.9 Å². The number of rotatable bonds is 5. The lowest BCUT2D eigenvalue weighted by Gasteiger charge is -2.29. The summed E-state index contributed by atoms with van der Waals surface area (Å²) in [6.45, 7) is 2.56. The maximum Gasteiger partial charge on any atom is 0.242 e. The van der Waals surface area contributed by atoms with Crippen LogP contribution in [-0.4, -0.2) is 54.2 Å².